The van der Waals surface area contributed by atoms with Crippen molar-refractivity contribution in [1.29, 1.82) is 0 Å². The Kier molecular flexibility index (Phi) is 2.63. The van der Waals surface area contributed by atoms with Crippen molar-refractivity contribution in [2.24, 2.45) is 4.99 Å². The number of nitrogens with zero attached hydrogens (tertiary/aromatic N) is 3. The molecule has 0 aliphatic carbocycles. The highest BCUT2D eigenvalue weighted by molar-refractivity contribution is 5.72. The van der Waals surface area contributed by atoms with Crippen LogP contribution in [0.5, 0.6) is 0 Å². The molecule has 0 unspecified atom stereocenters. The summed E-state index contributed by atoms with van der Waals surface area (Å²) in [5.41, 5.74) is 2.04. The van der Waals surface area contributed by atoms with E-state index in [1.807, 2.05) is 12.1 Å². The molecular formula is C11H7N3O. The molecule has 4 nitrogen and oxygen atoms in total. The van der Waals surface area contributed by atoms with E-state index in [1.54, 1.807) is 30.7 Å². The van der Waals surface area contributed by atoms with Gasteiger partial charge in [-0.3, -0.25) is 9.97 Å². The first-order valence-electron chi connectivity index (χ1n) is 4.35. The maximum atomic E-state index is 10.2. The molecule has 2 aromatic heterocycles. The molecule has 72 valence electrons. The van der Waals surface area contributed by atoms with Gasteiger partial charge in [-0.05, 0) is 24.3 Å². The summed E-state index contributed by atoms with van der Waals surface area (Å²) in [6.45, 7) is 0. The summed E-state index contributed by atoms with van der Waals surface area (Å²) in [5.74, 6) is 0. The van der Waals surface area contributed by atoms with Gasteiger partial charge < -0.3 is 0 Å². The predicted molar refractivity (Wildman–Crippen MR) is 55.2 cm³/mol. The molecule has 0 atom stereocenters. The van der Waals surface area contributed by atoms with Gasteiger partial charge in [-0.1, -0.05) is 0 Å². The fourth-order valence-corrected chi connectivity index (χ4v) is 1.27. The highest BCUT2D eigenvalue weighted by Crippen LogP contribution is 2.26. The van der Waals surface area contributed by atoms with Crippen LogP contribution in [0.1, 0.15) is 0 Å². The molecule has 0 bridgehead atoms. The van der Waals surface area contributed by atoms with E-state index in [4.69, 9.17) is 0 Å². The van der Waals surface area contributed by atoms with Crippen LogP contribution >= 0.6 is 0 Å². The van der Waals surface area contributed by atoms with Crippen LogP contribution in [0.25, 0.3) is 11.3 Å². The molecule has 0 amide bonds. The van der Waals surface area contributed by atoms with E-state index in [1.165, 1.54) is 6.08 Å². The topological polar surface area (TPSA) is 55.2 Å². The molecule has 4 heteroatoms. The Labute approximate surface area is 86.3 Å². The molecule has 2 heterocycles. The Hall–Kier alpha value is -2.32. The van der Waals surface area contributed by atoms with Gasteiger partial charge >= 0.3 is 0 Å². The van der Waals surface area contributed by atoms with E-state index in [9.17, 15) is 4.79 Å². The van der Waals surface area contributed by atoms with Gasteiger partial charge in [-0.15, -0.1) is 0 Å². The van der Waals surface area contributed by atoms with Crippen molar-refractivity contribution in [1.82, 2.24) is 9.97 Å². The van der Waals surface area contributed by atoms with Crippen LogP contribution in [0.15, 0.2) is 47.8 Å². The van der Waals surface area contributed by atoms with Crippen LogP contribution in [0.4, 0.5) is 5.69 Å². The molecule has 0 spiro atoms. The summed E-state index contributed by atoms with van der Waals surface area (Å²) in [6.07, 6.45) is 6.50. The lowest BCUT2D eigenvalue weighted by molar-refractivity contribution is 0.565. The zero-order valence-corrected chi connectivity index (χ0v) is 7.79. The van der Waals surface area contributed by atoms with Crippen LogP contribution in [0.3, 0.4) is 0 Å². The Morgan fingerprint density at radius 3 is 2.67 bits per heavy atom. The van der Waals surface area contributed by atoms with Crippen molar-refractivity contribution in [2.45, 2.75) is 0 Å². The monoisotopic (exact) mass is 197 g/mol. The number of hydrogen-bond acceptors (Lipinski definition) is 4. The normalized spacial score (nSPS) is 9.33. The first-order chi connectivity index (χ1) is 7.42. The molecule has 0 saturated heterocycles. The van der Waals surface area contributed by atoms with Crippen LogP contribution in [-0.2, 0) is 4.79 Å². The minimum atomic E-state index is 0.513. The summed E-state index contributed by atoms with van der Waals surface area (Å²) >= 11 is 0. The standard InChI is InChI=1S/C11H7N3O/c15-8-14-10-2-1-5-13-11(10)9-3-6-12-7-4-9/h1-7H. The van der Waals surface area contributed by atoms with Gasteiger partial charge in [0.1, 0.15) is 5.69 Å². The molecule has 0 aliphatic rings. The van der Waals surface area contributed by atoms with E-state index in [0.717, 1.165) is 5.56 Å². The average molecular weight is 197 g/mol. The molecule has 0 N–H and O–H groups in total. The van der Waals surface area contributed by atoms with Crippen LogP contribution in [-0.4, -0.2) is 16.0 Å². The highest BCUT2D eigenvalue weighted by Gasteiger charge is 2.04. The Balaban J connectivity index is 2.58. The molecule has 0 saturated carbocycles. The minimum Gasteiger partial charge on any atom is -0.265 e. The zero-order valence-electron chi connectivity index (χ0n) is 7.79. The lowest BCUT2D eigenvalue weighted by atomic mass is 10.1. The average Bonchev–Trinajstić information content (AvgIpc) is 2.31. The third-order valence-corrected chi connectivity index (χ3v) is 1.91. The first-order valence-corrected chi connectivity index (χ1v) is 4.35. The highest BCUT2D eigenvalue weighted by atomic mass is 16.1. The van der Waals surface area contributed by atoms with E-state index in [-0.39, 0.29) is 0 Å². The van der Waals surface area contributed by atoms with Crippen molar-refractivity contribution in [2.75, 3.05) is 0 Å². The fraction of sp³-hybridized carbons (Fsp3) is 0. The lowest BCUT2D eigenvalue weighted by Gasteiger charge is -2.01. The number of aliphatic imine (C=N–C) groups is 1. The molecule has 2 rings (SSSR count). The van der Waals surface area contributed by atoms with Gasteiger partial charge in [0.25, 0.3) is 0 Å². The third kappa shape index (κ3) is 1.95. The van der Waals surface area contributed by atoms with Gasteiger partial charge in [-0.2, -0.15) is 4.99 Å². The lowest BCUT2D eigenvalue weighted by Crippen LogP contribution is -1.83. The predicted octanol–water partition coefficient (Wildman–Crippen LogP) is 2.11. The van der Waals surface area contributed by atoms with Crippen LogP contribution in [0, 0.1) is 0 Å². The number of isocyanates is 1. The summed E-state index contributed by atoms with van der Waals surface area (Å²) in [7, 11) is 0. The van der Waals surface area contributed by atoms with E-state index >= 15 is 0 Å². The largest absolute Gasteiger partial charge is 0.265 e. The number of rotatable bonds is 2. The Morgan fingerprint density at radius 1 is 1.13 bits per heavy atom. The second-order valence-electron chi connectivity index (χ2n) is 2.81. The zero-order chi connectivity index (χ0) is 10.5. The second-order valence-corrected chi connectivity index (χ2v) is 2.81. The van der Waals surface area contributed by atoms with Crippen LogP contribution < -0.4 is 0 Å². The summed E-state index contributed by atoms with van der Waals surface area (Å²) in [4.78, 5) is 21.9. The fourth-order valence-electron chi connectivity index (χ4n) is 1.27. The van der Waals surface area contributed by atoms with Gasteiger partial charge in [-0.25, -0.2) is 4.79 Å². The molecule has 15 heavy (non-hydrogen) atoms. The number of pyridine rings is 2. The molecular weight excluding hydrogens is 190 g/mol. The van der Waals surface area contributed by atoms with Gasteiger partial charge in [0.05, 0.1) is 5.69 Å². The number of aromatic nitrogens is 2. The van der Waals surface area contributed by atoms with Crippen molar-refractivity contribution in [3.05, 3.63) is 42.9 Å². The third-order valence-electron chi connectivity index (χ3n) is 1.91. The SMILES string of the molecule is O=C=Nc1cccnc1-c1ccncc1. The summed E-state index contributed by atoms with van der Waals surface area (Å²) in [6, 6.07) is 7.06. The smallest absolute Gasteiger partial charge is 0.240 e. The van der Waals surface area contributed by atoms with Crippen molar-refractivity contribution in [3.63, 3.8) is 0 Å². The second kappa shape index (κ2) is 4.26. The first kappa shape index (κ1) is 9.24. The molecule has 0 aliphatic heterocycles. The van der Waals surface area contributed by atoms with Gasteiger partial charge in [0.2, 0.25) is 6.08 Å². The number of carbonyl (C=O) groups excluding carboxylic acids is 1. The molecule has 0 aromatic carbocycles. The molecule has 2 aromatic rings. The Morgan fingerprint density at radius 2 is 1.93 bits per heavy atom. The van der Waals surface area contributed by atoms with Crippen molar-refractivity contribution >= 4 is 11.8 Å². The molecule has 0 fully saturated rings. The van der Waals surface area contributed by atoms with E-state index < -0.39 is 0 Å². The van der Waals surface area contributed by atoms with Gasteiger partial charge in [0, 0.05) is 24.2 Å². The summed E-state index contributed by atoms with van der Waals surface area (Å²) < 4.78 is 0. The van der Waals surface area contributed by atoms with Crippen molar-refractivity contribution < 1.29 is 4.79 Å². The van der Waals surface area contributed by atoms with E-state index in [0.29, 0.717) is 11.4 Å². The number of hydrogen-bond donors (Lipinski definition) is 0. The van der Waals surface area contributed by atoms with E-state index in [2.05, 4.69) is 15.0 Å². The van der Waals surface area contributed by atoms with Gasteiger partial charge in [0.15, 0.2) is 0 Å². The maximum absolute atomic E-state index is 10.2. The Bertz CT molecular complexity index is 504. The molecule has 0 radical (unpaired) electrons. The van der Waals surface area contributed by atoms with Crippen molar-refractivity contribution in [3.8, 4) is 11.3 Å². The van der Waals surface area contributed by atoms with Crippen LogP contribution in [0.2, 0.25) is 0 Å². The maximum Gasteiger partial charge on any atom is 0.240 e. The minimum absolute atomic E-state index is 0.513. The summed E-state index contributed by atoms with van der Waals surface area (Å²) in [5, 5.41) is 0. The quantitative estimate of drug-likeness (QED) is 0.547.